The van der Waals surface area contributed by atoms with E-state index in [0.717, 1.165) is 30.3 Å². The van der Waals surface area contributed by atoms with Crippen LogP contribution in [0.4, 0.5) is 0 Å². The number of aromatic nitrogens is 1. The van der Waals surface area contributed by atoms with Crippen LogP contribution in [-0.2, 0) is 15.9 Å². The summed E-state index contributed by atoms with van der Waals surface area (Å²) in [6, 6.07) is 0.0989. The third-order valence-electron chi connectivity index (χ3n) is 2.74. The van der Waals surface area contributed by atoms with Crippen molar-refractivity contribution in [2.75, 3.05) is 26.4 Å². The van der Waals surface area contributed by atoms with Crippen LogP contribution >= 0.6 is 11.3 Å². The molecule has 2 heterocycles. The van der Waals surface area contributed by atoms with Crippen molar-refractivity contribution >= 4 is 11.3 Å². The molecule has 1 aromatic rings. The van der Waals surface area contributed by atoms with Gasteiger partial charge in [-0.3, -0.25) is 0 Å². The van der Waals surface area contributed by atoms with Crippen molar-refractivity contribution in [2.24, 2.45) is 5.73 Å². The molecule has 1 aromatic heterocycles. The van der Waals surface area contributed by atoms with Crippen molar-refractivity contribution in [2.45, 2.75) is 25.3 Å². The molecule has 0 bridgehead atoms. The van der Waals surface area contributed by atoms with Crippen molar-refractivity contribution in [1.29, 1.82) is 0 Å². The fourth-order valence-corrected chi connectivity index (χ4v) is 2.63. The third-order valence-corrected chi connectivity index (χ3v) is 3.67. The molecule has 0 amide bonds. The second kappa shape index (κ2) is 5.72. The molecule has 2 unspecified atom stereocenters. The van der Waals surface area contributed by atoms with Gasteiger partial charge in [-0.05, 0) is 6.92 Å². The van der Waals surface area contributed by atoms with Crippen LogP contribution < -0.4 is 5.73 Å². The minimum absolute atomic E-state index is 0.0989. The lowest BCUT2D eigenvalue weighted by molar-refractivity contribution is 0.151. The van der Waals surface area contributed by atoms with E-state index in [1.54, 1.807) is 11.3 Å². The van der Waals surface area contributed by atoms with Crippen LogP contribution in [0.1, 0.15) is 23.5 Å². The highest BCUT2D eigenvalue weighted by molar-refractivity contribution is 7.09. The highest BCUT2D eigenvalue weighted by Crippen LogP contribution is 2.25. The van der Waals surface area contributed by atoms with Gasteiger partial charge in [0.25, 0.3) is 0 Å². The van der Waals surface area contributed by atoms with Gasteiger partial charge in [-0.1, -0.05) is 0 Å². The summed E-state index contributed by atoms with van der Waals surface area (Å²) in [5.41, 5.74) is 7.04. The molecule has 0 radical (unpaired) electrons. The Morgan fingerprint density at radius 1 is 1.62 bits per heavy atom. The molecule has 0 aliphatic carbocycles. The summed E-state index contributed by atoms with van der Waals surface area (Å²) in [6.07, 6.45) is 0.890. The maximum atomic E-state index is 5.96. The Kier molecular flexibility index (Phi) is 4.29. The smallest absolute Gasteiger partial charge is 0.0951 e. The average Bonchev–Trinajstić information content (AvgIpc) is 2.87. The van der Waals surface area contributed by atoms with Gasteiger partial charge in [0.05, 0.1) is 30.5 Å². The molecule has 2 rings (SSSR count). The molecule has 16 heavy (non-hydrogen) atoms. The number of nitrogens with two attached hydrogens (primary N) is 1. The molecule has 2 atom stereocenters. The maximum absolute atomic E-state index is 5.96. The SMILES string of the molecule is CCOCCc1nc(C2COCC2N)cs1. The summed E-state index contributed by atoms with van der Waals surface area (Å²) in [5.74, 6) is 0.275. The second-order valence-electron chi connectivity index (χ2n) is 3.92. The molecule has 2 N–H and O–H groups in total. The van der Waals surface area contributed by atoms with Gasteiger partial charge in [-0.25, -0.2) is 4.98 Å². The lowest BCUT2D eigenvalue weighted by Gasteiger charge is -2.09. The predicted octanol–water partition coefficient (Wildman–Crippen LogP) is 1.16. The van der Waals surface area contributed by atoms with E-state index in [1.807, 2.05) is 6.92 Å². The molecule has 1 aliphatic rings. The van der Waals surface area contributed by atoms with Gasteiger partial charge in [-0.15, -0.1) is 11.3 Å². The summed E-state index contributed by atoms with van der Waals surface area (Å²) in [7, 11) is 0. The molecular formula is C11H18N2O2S. The van der Waals surface area contributed by atoms with E-state index in [0.29, 0.717) is 13.2 Å². The van der Waals surface area contributed by atoms with Crippen molar-refractivity contribution < 1.29 is 9.47 Å². The molecule has 1 saturated heterocycles. The Balaban J connectivity index is 1.91. The molecule has 4 nitrogen and oxygen atoms in total. The van der Waals surface area contributed by atoms with Gasteiger partial charge in [-0.2, -0.15) is 0 Å². The quantitative estimate of drug-likeness (QED) is 0.787. The largest absolute Gasteiger partial charge is 0.381 e. The average molecular weight is 242 g/mol. The molecule has 90 valence electrons. The van der Waals surface area contributed by atoms with E-state index >= 15 is 0 Å². The Morgan fingerprint density at radius 2 is 2.50 bits per heavy atom. The van der Waals surface area contributed by atoms with Gasteiger partial charge in [0, 0.05) is 30.4 Å². The van der Waals surface area contributed by atoms with E-state index in [9.17, 15) is 0 Å². The first kappa shape index (κ1) is 12.0. The summed E-state index contributed by atoms with van der Waals surface area (Å²) in [6.45, 7) is 4.87. The lowest BCUT2D eigenvalue weighted by atomic mass is 10.0. The standard InChI is InChI=1S/C11H18N2O2S/c1-2-14-4-3-11-13-10(7-16-11)8-5-15-6-9(8)12/h7-9H,2-6,12H2,1H3. The number of thiazole rings is 1. The molecule has 0 spiro atoms. The van der Waals surface area contributed by atoms with E-state index < -0.39 is 0 Å². The molecule has 0 aromatic carbocycles. The van der Waals surface area contributed by atoms with E-state index in [1.165, 1.54) is 0 Å². The van der Waals surface area contributed by atoms with E-state index in [2.05, 4.69) is 10.4 Å². The van der Waals surface area contributed by atoms with Gasteiger partial charge in [0.1, 0.15) is 0 Å². The Bertz CT molecular complexity index is 330. The highest BCUT2D eigenvalue weighted by atomic mass is 32.1. The van der Waals surface area contributed by atoms with Gasteiger partial charge in [0.15, 0.2) is 0 Å². The van der Waals surface area contributed by atoms with E-state index in [4.69, 9.17) is 15.2 Å². The van der Waals surface area contributed by atoms with Crippen LogP contribution in [0, 0.1) is 0 Å². The van der Waals surface area contributed by atoms with Crippen molar-refractivity contribution in [3.8, 4) is 0 Å². The third kappa shape index (κ3) is 2.79. The Morgan fingerprint density at radius 3 is 3.19 bits per heavy atom. The zero-order valence-corrected chi connectivity index (χ0v) is 10.3. The number of ether oxygens (including phenoxy) is 2. The molecule has 1 aliphatic heterocycles. The first-order valence-corrected chi connectivity index (χ1v) is 6.54. The number of nitrogens with zero attached hydrogens (tertiary/aromatic N) is 1. The lowest BCUT2D eigenvalue weighted by Crippen LogP contribution is -2.27. The fourth-order valence-electron chi connectivity index (χ4n) is 1.79. The van der Waals surface area contributed by atoms with Crippen LogP contribution in [0.5, 0.6) is 0 Å². The normalized spacial score (nSPS) is 25.1. The Hall–Kier alpha value is -0.490. The van der Waals surface area contributed by atoms with Gasteiger partial charge >= 0.3 is 0 Å². The van der Waals surface area contributed by atoms with Crippen molar-refractivity contribution in [3.63, 3.8) is 0 Å². The number of hydrogen-bond donors (Lipinski definition) is 1. The monoisotopic (exact) mass is 242 g/mol. The van der Waals surface area contributed by atoms with Gasteiger partial charge < -0.3 is 15.2 Å². The van der Waals surface area contributed by atoms with Crippen LogP contribution in [-0.4, -0.2) is 37.5 Å². The minimum atomic E-state index is 0.0989. The first-order valence-electron chi connectivity index (χ1n) is 5.66. The minimum Gasteiger partial charge on any atom is -0.381 e. The Labute approximate surface area is 99.8 Å². The fraction of sp³-hybridized carbons (Fsp3) is 0.727. The summed E-state index contributed by atoms with van der Waals surface area (Å²) in [4.78, 5) is 4.59. The molecule has 5 heteroatoms. The van der Waals surface area contributed by atoms with E-state index in [-0.39, 0.29) is 12.0 Å². The summed E-state index contributed by atoms with van der Waals surface area (Å²) >= 11 is 1.69. The zero-order chi connectivity index (χ0) is 11.4. The summed E-state index contributed by atoms with van der Waals surface area (Å²) < 4.78 is 10.7. The number of hydrogen-bond acceptors (Lipinski definition) is 5. The first-order chi connectivity index (χ1) is 7.81. The van der Waals surface area contributed by atoms with Crippen LogP contribution in [0.25, 0.3) is 0 Å². The number of rotatable bonds is 5. The summed E-state index contributed by atoms with van der Waals surface area (Å²) in [5, 5.41) is 3.23. The zero-order valence-electron chi connectivity index (χ0n) is 9.52. The molecule has 1 fully saturated rings. The maximum Gasteiger partial charge on any atom is 0.0951 e. The van der Waals surface area contributed by atoms with Crippen molar-refractivity contribution in [1.82, 2.24) is 4.98 Å². The second-order valence-corrected chi connectivity index (χ2v) is 4.86. The van der Waals surface area contributed by atoms with Crippen molar-refractivity contribution in [3.05, 3.63) is 16.1 Å². The van der Waals surface area contributed by atoms with Gasteiger partial charge in [0.2, 0.25) is 0 Å². The molecular weight excluding hydrogens is 224 g/mol. The van der Waals surface area contributed by atoms with Crippen LogP contribution in [0.15, 0.2) is 5.38 Å². The van der Waals surface area contributed by atoms with Crippen LogP contribution in [0.3, 0.4) is 0 Å². The van der Waals surface area contributed by atoms with Crippen LogP contribution in [0.2, 0.25) is 0 Å². The molecule has 0 saturated carbocycles. The predicted molar refractivity (Wildman–Crippen MR) is 63.8 cm³/mol. The topological polar surface area (TPSA) is 57.4 Å². The highest BCUT2D eigenvalue weighted by Gasteiger charge is 2.28.